The molecule has 0 aliphatic heterocycles. The summed E-state index contributed by atoms with van der Waals surface area (Å²) in [7, 11) is 1.41. The minimum absolute atomic E-state index is 0.199. The Labute approximate surface area is 257 Å². The summed E-state index contributed by atoms with van der Waals surface area (Å²) < 4.78 is 2.12. The minimum Gasteiger partial charge on any atom is -0.378 e. The Hall–Kier alpha value is -5.04. The van der Waals surface area contributed by atoms with E-state index in [0.29, 0.717) is 11.3 Å². The lowest BCUT2D eigenvalue weighted by Crippen LogP contribution is -2.37. The summed E-state index contributed by atoms with van der Waals surface area (Å²) in [5.41, 5.74) is 5.23. The van der Waals surface area contributed by atoms with E-state index in [2.05, 4.69) is 82.8 Å². The van der Waals surface area contributed by atoms with E-state index in [-0.39, 0.29) is 11.8 Å². The van der Waals surface area contributed by atoms with Crippen LogP contribution in [0.3, 0.4) is 0 Å². The summed E-state index contributed by atoms with van der Waals surface area (Å²) in [4.78, 5) is 22.0. The van der Waals surface area contributed by atoms with Crippen LogP contribution in [0.2, 0.25) is 0 Å². The van der Waals surface area contributed by atoms with Crippen molar-refractivity contribution in [1.29, 1.82) is 0 Å². The van der Waals surface area contributed by atoms with Crippen LogP contribution in [0.5, 0.6) is 0 Å². The molecule has 44 heavy (non-hydrogen) atoms. The molecule has 6 aromatic rings. The number of rotatable bonds is 9. The van der Waals surface area contributed by atoms with Crippen LogP contribution < -0.4 is 5.48 Å². The van der Waals surface area contributed by atoms with E-state index in [4.69, 9.17) is 9.82 Å². The predicted octanol–water partition coefficient (Wildman–Crippen LogP) is 7.06. The summed E-state index contributed by atoms with van der Waals surface area (Å²) >= 11 is 0. The van der Waals surface area contributed by atoms with Gasteiger partial charge in [-0.1, -0.05) is 123 Å². The maximum atomic E-state index is 12.5. The van der Waals surface area contributed by atoms with Crippen LogP contribution in [0, 0.1) is 5.92 Å². The van der Waals surface area contributed by atoms with E-state index in [1.165, 1.54) is 7.11 Å². The van der Waals surface area contributed by atoms with Gasteiger partial charge in [0.15, 0.2) is 0 Å². The van der Waals surface area contributed by atoms with E-state index >= 15 is 0 Å². The lowest BCUT2D eigenvalue weighted by atomic mass is 9.76. The van der Waals surface area contributed by atoms with E-state index in [1.54, 1.807) is 6.07 Å². The molecule has 1 unspecified atom stereocenters. The maximum Gasteiger partial charge on any atom is 0.274 e. The molecule has 0 bridgehead atoms. The number of hydrogen-bond acceptors (Lipinski definition) is 4. The molecule has 0 aliphatic rings. The zero-order valence-corrected chi connectivity index (χ0v) is 25.0. The quantitative estimate of drug-likeness (QED) is 0.142. The largest absolute Gasteiger partial charge is 0.378 e. The second kappa shape index (κ2) is 11.9. The Morgan fingerprint density at radius 2 is 1.27 bits per heavy atom. The zero-order chi connectivity index (χ0) is 30.7. The number of carbonyl (C=O) groups excluding carboxylic acids is 1. The van der Waals surface area contributed by atoms with Crippen LogP contribution in [0.1, 0.15) is 52.2 Å². The van der Waals surface area contributed by atoms with Crippen molar-refractivity contribution < 1.29 is 14.7 Å². The topological polar surface area (TPSA) is 76.4 Å². The Bertz CT molecular complexity index is 1790. The van der Waals surface area contributed by atoms with Crippen molar-refractivity contribution in [2.45, 2.75) is 25.0 Å². The number of fused-ring (bicyclic) bond motifs is 1. The van der Waals surface area contributed by atoms with E-state index in [0.717, 1.165) is 33.0 Å². The fourth-order valence-electron chi connectivity index (χ4n) is 6.24. The van der Waals surface area contributed by atoms with Crippen molar-refractivity contribution in [3.05, 3.63) is 173 Å². The van der Waals surface area contributed by atoms with Crippen LogP contribution in [-0.2, 0) is 16.0 Å². The highest BCUT2D eigenvalue weighted by molar-refractivity contribution is 5.98. The van der Waals surface area contributed by atoms with Gasteiger partial charge in [-0.15, -0.1) is 0 Å². The molecule has 1 heterocycles. The predicted molar refractivity (Wildman–Crippen MR) is 173 cm³/mol. The molecule has 6 heteroatoms. The fourth-order valence-corrected chi connectivity index (χ4v) is 6.24. The Morgan fingerprint density at radius 1 is 0.750 bits per heavy atom. The first-order valence-electron chi connectivity index (χ1n) is 14.7. The van der Waals surface area contributed by atoms with Crippen molar-refractivity contribution in [3.63, 3.8) is 0 Å². The lowest BCUT2D eigenvalue weighted by molar-refractivity contribution is 0.0279. The molecule has 1 aromatic heterocycles. The average Bonchev–Trinajstić information content (AvgIpc) is 3.57. The highest BCUT2D eigenvalue weighted by Crippen LogP contribution is 2.43. The molecule has 5 aromatic carbocycles. The molecule has 1 amide bonds. The highest BCUT2D eigenvalue weighted by Gasteiger charge is 2.42. The van der Waals surface area contributed by atoms with Crippen molar-refractivity contribution in [2.24, 2.45) is 5.92 Å². The van der Waals surface area contributed by atoms with Crippen molar-refractivity contribution in [2.75, 3.05) is 7.11 Å². The maximum absolute atomic E-state index is 12.5. The summed E-state index contributed by atoms with van der Waals surface area (Å²) in [6, 6.07) is 42.5. The van der Waals surface area contributed by atoms with Gasteiger partial charge in [0.2, 0.25) is 0 Å². The lowest BCUT2D eigenvalue weighted by Gasteiger charge is -2.37. The van der Waals surface area contributed by atoms with E-state index in [1.807, 2.05) is 74.9 Å². The second-order valence-corrected chi connectivity index (χ2v) is 11.3. The fraction of sp³-hybridized carbons (Fsp3) is 0.158. The SMILES string of the molecule is CONC(=O)c1ccc2cc(C(O)(c3cn(C(c4ccccc4)(c4ccccc4)c4ccccc4)cn3)C(C)C)ccc2c1. The number of imidazole rings is 1. The number of hydroxylamine groups is 1. The summed E-state index contributed by atoms with van der Waals surface area (Å²) in [5.74, 6) is -0.518. The van der Waals surface area contributed by atoms with Crippen LogP contribution in [-0.4, -0.2) is 27.7 Å². The number of nitrogens with one attached hydrogen (secondary N) is 1. The van der Waals surface area contributed by atoms with Gasteiger partial charge in [0.1, 0.15) is 11.1 Å². The number of amides is 1. The number of carbonyl (C=O) groups is 1. The first-order valence-corrected chi connectivity index (χ1v) is 14.7. The third kappa shape index (κ3) is 4.88. The molecule has 6 rings (SSSR count). The molecule has 0 saturated heterocycles. The average molecular weight is 582 g/mol. The number of aromatic nitrogens is 2. The van der Waals surface area contributed by atoms with Gasteiger partial charge in [-0.05, 0) is 57.1 Å². The van der Waals surface area contributed by atoms with Gasteiger partial charge in [0.05, 0.1) is 19.1 Å². The second-order valence-electron chi connectivity index (χ2n) is 11.3. The molecule has 0 spiro atoms. The molecule has 6 nitrogen and oxygen atoms in total. The van der Waals surface area contributed by atoms with E-state index < -0.39 is 11.1 Å². The highest BCUT2D eigenvalue weighted by atomic mass is 16.6. The van der Waals surface area contributed by atoms with Gasteiger partial charge < -0.3 is 9.67 Å². The molecule has 2 N–H and O–H groups in total. The van der Waals surface area contributed by atoms with E-state index in [9.17, 15) is 9.90 Å². The number of nitrogens with zero attached hydrogens (tertiary/aromatic N) is 2. The molecule has 220 valence electrons. The summed E-state index contributed by atoms with van der Waals surface area (Å²) in [5, 5.41) is 14.3. The summed E-state index contributed by atoms with van der Waals surface area (Å²) in [6.45, 7) is 4.00. The standard InChI is InChI=1S/C38H35N3O3/c1-27(2)38(43,34-22-21-28-23-30(36(42)40-44-3)20-19-29(28)24-34)35-25-41(26-39-35)37(31-13-7-4-8-14-31,32-15-9-5-10-16-32)33-17-11-6-12-18-33/h4-27,43H,1-3H3,(H,40,42). The van der Waals surface area contributed by atoms with Gasteiger partial charge >= 0.3 is 0 Å². The number of hydrogen-bond donors (Lipinski definition) is 2. The smallest absolute Gasteiger partial charge is 0.274 e. The zero-order valence-electron chi connectivity index (χ0n) is 25.0. The van der Waals surface area contributed by atoms with Crippen LogP contribution >= 0.6 is 0 Å². The first-order chi connectivity index (χ1) is 21.4. The van der Waals surface area contributed by atoms with Crippen LogP contribution in [0.25, 0.3) is 10.8 Å². The normalized spacial score (nSPS) is 13.1. The monoisotopic (exact) mass is 581 g/mol. The molecule has 0 aliphatic carbocycles. The minimum atomic E-state index is -1.39. The van der Waals surface area contributed by atoms with Crippen molar-refractivity contribution in [1.82, 2.24) is 15.0 Å². The molecule has 0 saturated carbocycles. The number of benzene rings is 5. The van der Waals surface area contributed by atoms with Gasteiger partial charge in [-0.3, -0.25) is 9.63 Å². The molecular weight excluding hydrogens is 546 g/mol. The number of aliphatic hydroxyl groups is 1. The molecular formula is C38H35N3O3. The van der Waals surface area contributed by atoms with Gasteiger partial charge in [-0.2, -0.15) is 0 Å². The first kappa shape index (κ1) is 29.1. The van der Waals surface area contributed by atoms with Gasteiger partial charge in [-0.25, -0.2) is 10.5 Å². The Morgan fingerprint density at radius 3 is 1.80 bits per heavy atom. The molecule has 1 atom stereocenters. The van der Waals surface area contributed by atoms with Gasteiger partial charge in [0.25, 0.3) is 5.91 Å². The molecule has 0 fully saturated rings. The third-order valence-corrected chi connectivity index (χ3v) is 8.51. The van der Waals surface area contributed by atoms with Crippen LogP contribution in [0.4, 0.5) is 0 Å². The van der Waals surface area contributed by atoms with Crippen molar-refractivity contribution >= 4 is 16.7 Å². The summed E-state index contributed by atoms with van der Waals surface area (Å²) in [6.07, 6.45) is 3.81. The Balaban J connectivity index is 1.52. The van der Waals surface area contributed by atoms with Crippen LogP contribution in [0.15, 0.2) is 140 Å². The van der Waals surface area contributed by atoms with Crippen molar-refractivity contribution in [3.8, 4) is 0 Å². The molecule has 0 radical (unpaired) electrons. The van der Waals surface area contributed by atoms with Gasteiger partial charge in [0, 0.05) is 11.8 Å². The third-order valence-electron chi connectivity index (χ3n) is 8.51. The Kier molecular flexibility index (Phi) is 7.87.